The highest BCUT2D eigenvalue weighted by atomic mass is 16.5. The third-order valence-electron chi connectivity index (χ3n) is 5.59. The minimum Gasteiger partial charge on any atom is -0.493 e. The summed E-state index contributed by atoms with van der Waals surface area (Å²) in [5.41, 5.74) is 4.36. The predicted molar refractivity (Wildman–Crippen MR) is 99.7 cm³/mol. The van der Waals surface area contributed by atoms with Crippen LogP contribution in [0.5, 0.6) is 5.75 Å². The molecule has 1 fully saturated rings. The molecule has 3 heterocycles. The summed E-state index contributed by atoms with van der Waals surface area (Å²) < 4.78 is 11.2. The molecule has 2 aliphatic rings. The molecule has 5 nitrogen and oxygen atoms in total. The first-order valence-corrected chi connectivity index (χ1v) is 9.36. The third kappa shape index (κ3) is 3.12. The van der Waals surface area contributed by atoms with E-state index < -0.39 is 0 Å². The average molecular weight is 354 g/mol. The normalized spacial score (nSPS) is 17.3. The number of carbonyl (C=O) groups is 1. The number of aryl methyl sites for hydroxylation is 2. The molecule has 2 aliphatic heterocycles. The molecule has 0 bridgehead atoms. The van der Waals surface area contributed by atoms with Crippen LogP contribution in [-0.2, 0) is 13.0 Å². The number of ether oxygens (including phenoxy) is 1. The van der Waals surface area contributed by atoms with Crippen molar-refractivity contribution in [1.29, 1.82) is 0 Å². The van der Waals surface area contributed by atoms with Crippen LogP contribution in [0.3, 0.4) is 0 Å². The van der Waals surface area contributed by atoms with Gasteiger partial charge in [-0.2, -0.15) is 0 Å². The van der Waals surface area contributed by atoms with Crippen LogP contribution >= 0.6 is 0 Å². The molecule has 2 aromatic rings. The summed E-state index contributed by atoms with van der Waals surface area (Å²) in [5.74, 6) is 2.70. The topological polar surface area (TPSA) is 45.9 Å². The molecule has 0 saturated carbocycles. The van der Waals surface area contributed by atoms with Crippen LogP contribution in [0.25, 0.3) is 0 Å². The first kappa shape index (κ1) is 17.2. The Hall–Kier alpha value is -2.27. The Balaban J connectivity index is 1.37. The Bertz CT molecular complexity index is 832. The molecule has 1 aromatic carbocycles. The molecule has 5 heteroatoms. The zero-order valence-electron chi connectivity index (χ0n) is 15.8. The van der Waals surface area contributed by atoms with Crippen molar-refractivity contribution in [2.24, 2.45) is 0 Å². The van der Waals surface area contributed by atoms with E-state index in [0.717, 1.165) is 74.1 Å². The molecule has 1 amide bonds. The van der Waals surface area contributed by atoms with Gasteiger partial charge in [-0.1, -0.05) is 12.1 Å². The molecule has 0 aliphatic carbocycles. The van der Waals surface area contributed by atoms with Gasteiger partial charge in [-0.25, -0.2) is 0 Å². The lowest BCUT2D eigenvalue weighted by Gasteiger charge is -2.34. The van der Waals surface area contributed by atoms with Crippen LogP contribution in [0.1, 0.15) is 38.6 Å². The number of nitrogens with zero attached hydrogens (tertiary/aromatic N) is 2. The zero-order valence-corrected chi connectivity index (χ0v) is 15.8. The molecule has 1 aromatic heterocycles. The van der Waals surface area contributed by atoms with Gasteiger partial charge in [-0.3, -0.25) is 9.69 Å². The van der Waals surface area contributed by atoms with Gasteiger partial charge in [0.25, 0.3) is 5.91 Å². The van der Waals surface area contributed by atoms with Crippen molar-refractivity contribution in [2.75, 3.05) is 32.8 Å². The fourth-order valence-corrected chi connectivity index (χ4v) is 3.97. The predicted octanol–water partition coefficient (Wildman–Crippen LogP) is 3.10. The van der Waals surface area contributed by atoms with Crippen molar-refractivity contribution < 1.29 is 13.9 Å². The Kier molecular flexibility index (Phi) is 4.49. The van der Waals surface area contributed by atoms with Crippen molar-refractivity contribution >= 4 is 5.91 Å². The van der Waals surface area contributed by atoms with Crippen LogP contribution in [-0.4, -0.2) is 48.5 Å². The highest BCUT2D eigenvalue weighted by molar-refractivity contribution is 5.97. The molecule has 4 rings (SSSR count). The summed E-state index contributed by atoms with van der Waals surface area (Å²) in [6.45, 7) is 10.8. The van der Waals surface area contributed by atoms with Crippen LogP contribution in [0.2, 0.25) is 0 Å². The molecule has 138 valence electrons. The molecule has 0 radical (unpaired) electrons. The molecule has 0 atom stereocenters. The monoisotopic (exact) mass is 354 g/mol. The van der Waals surface area contributed by atoms with Crippen molar-refractivity contribution in [2.45, 2.75) is 33.7 Å². The standard InChI is InChI=1S/C21H26N2O3/c1-14-15(2)26-16(3)20(14)21(24)23-9-7-22(8-10-23)13-17-4-5-19-18(12-17)6-11-25-19/h4-5,12H,6-11,13H2,1-3H3. The number of amides is 1. The van der Waals surface area contributed by atoms with Gasteiger partial charge in [0.05, 0.1) is 12.2 Å². The van der Waals surface area contributed by atoms with E-state index in [9.17, 15) is 4.79 Å². The molecule has 0 spiro atoms. The van der Waals surface area contributed by atoms with Gasteiger partial charge < -0.3 is 14.1 Å². The van der Waals surface area contributed by atoms with E-state index in [-0.39, 0.29) is 5.91 Å². The van der Waals surface area contributed by atoms with E-state index in [1.54, 1.807) is 0 Å². The number of hydrogen-bond acceptors (Lipinski definition) is 4. The number of hydrogen-bond donors (Lipinski definition) is 0. The molecule has 0 N–H and O–H groups in total. The lowest BCUT2D eigenvalue weighted by molar-refractivity contribution is 0.0626. The van der Waals surface area contributed by atoms with E-state index in [4.69, 9.17) is 9.15 Å². The highest BCUT2D eigenvalue weighted by Gasteiger charge is 2.27. The van der Waals surface area contributed by atoms with Crippen LogP contribution in [0, 0.1) is 20.8 Å². The molecule has 1 saturated heterocycles. The Morgan fingerprint density at radius 3 is 2.54 bits per heavy atom. The molecule has 0 unspecified atom stereocenters. The second-order valence-corrected chi connectivity index (χ2v) is 7.32. The van der Waals surface area contributed by atoms with Crippen LogP contribution in [0.4, 0.5) is 0 Å². The van der Waals surface area contributed by atoms with Gasteiger partial charge in [-0.15, -0.1) is 0 Å². The fourth-order valence-electron chi connectivity index (χ4n) is 3.97. The van der Waals surface area contributed by atoms with E-state index in [0.29, 0.717) is 0 Å². The maximum Gasteiger partial charge on any atom is 0.257 e. The van der Waals surface area contributed by atoms with Gasteiger partial charge in [0.2, 0.25) is 0 Å². The van der Waals surface area contributed by atoms with Crippen LogP contribution in [0.15, 0.2) is 22.6 Å². The second kappa shape index (κ2) is 6.80. The highest BCUT2D eigenvalue weighted by Crippen LogP contribution is 2.27. The summed E-state index contributed by atoms with van der Waals surface area (Å²) >= 11 is 0. The van der Waals surface area contributed by atoms with Gasteiger partial charge in [0, 0.05) is 44.7 Å². The molecular weight excluding hydrogens is 328 g/mol. The summed E-state index contributed by atoms with van der Waals surface area (Å²) in [6, 6.07) is 6.51. The summed E-state index contributed by atoms with van der Waals surface area (Å²) in [6.07, 6.45) is 1.01. The first-order chi connectivity index (χ1) is 12.5. The first-order valence-electron chi connectivity index (χ1n) is 9.36. The quantitative estimate of drug-likeness (QED) is 0.850. The Morgan fingerprint density at radius 2 is 1.85 bits per heavy atom. The number of furan rings is 1. The van der Waals surface area contributed by atoms with Gasteiger partial charge >= 0.3 is 0 Å². The minimum atomic E-state index is 0.103. The maximum atomic E-state index is 12.9. The van der Waals surface area contributed by atoms with Crippen molar-refractivity contribution in [1.82, 2.24) is 9.80 Å². The number of carbonyl (C=O) groups excluding carboxylic acids is 1. The summed E-state index contributed by atoms with van der Waals surface area (Å²) in [5, 5.41) is 0. The average Bonchev–Trinajstić information content (AvgIpc) is 3.19. The second-order valence-electron chi connectivity index (χ2n) is 7.32. The summed E-state index contributed by atoms with van der Waals surface area (Å²) in [4.78, 5) is 17.3. The minimum absolute atomic E-state index is 0.103. The van der Waals surface area contributed by atoms with Gasteiger partial charge in [0.15, 0.2) is 0 Å². The largest absolute Gasteiger partial charge is 0.493 e. The van der Waals surface area contributed by atoms with E-state index in [1.807, 2.05) is 25.7 Å². The lowest BCUT2D eigenvalue weighted by Crippen LogP contribution is -2.48. The van der Waals surface area contributed by atoms with Gasteiger partial charge in [-0.05, 0) is 38.0 Å². The van der Waals surface area contributed by atoms with E-state index in [2.05, 4.69) is 23.1 Å². The number of benzene rings is 1. The third-order valence-corrected chi connectivity index (χ3v) is 5.59. The van der Waals surface area contributed by atoms with E-state index >= 15 is 0 Å². The number of piperazine rings is 1. The van der Waals surface area contributed by atoms with Gasteiger partial charge in [0.1, 0.15) is 17.3 Å². The van der Waals surface area contributed by atoms with E-state index in [1.165, 1.54) is 11.1 Å². The Morgan fingerprint density at radius 1 is 1.08 bits per heavy atom. The lowest BCUT2D eigenvalue weighted by atomic mass is 10.1. The molecular formula is C21H26N2O3. The van der Waals surface area contributed by atoms with Crippen molar-refractivity contribution in [3.8, 4) is 5.75 Å². The maximum absolute atomic E-state index is 12.9. The SMILES string of the molecule is Cc1oc(C)c(C(=O)N2CCN(Cc3ccc4c(c3)CCO4)CC2)c1C. The Labute approximate surface area is 154 Å². The number of rotatable bonds is 3. The fraction of sp³-hybridized carbons (Fsp3) is 0.476. The number of fused-ring (bicyclic) bond motifs is 1. The van der Waals surface area contributed by atoms with Crippen molar-refractivity contribution in [3.05, 3.63) is 52.0 Å². The molecule has 26 heavy (non-hydrogen) atoms. The van der Waals surface area contributed by atoms with Crippen LogP contribution < -0.4 is 4.74 Å². The van der Waals surface area contributed by atoms with Crippen molar-refractivity contribution in [3.63, 3.8) is 0 Å². The zero-order chi connectivity index (χ0) is 18.3. The smallest absolute Gasteiger partial charge is 0.257 e. The summed E-state index contributed by atoms with van der Waals surface area (Å²) in [7, 11) is 0.